The lowest BCUT2D eigenvalue weighted by Crippen LogP contribution is -2.32. The monoisotopic (exact) mass is 220 g/mol. The molecule has 0 radical (unpaired) electrons. The van der Waals surface area contributed by atoms with Crippen LogP contribution < -0.4 is 11.5 Å². The zero-order chi connectivity index (χ0) is 12.2. The van der Waals surface area contributed by atoms with Crippen molar-refractivity contribution < 1.29 is 0 Å². The predicted octanol–water partition coefficient (Wildman–Crippen LogP) is 2.77. The molecule has 0 aliphatic rings. The van der Waals surface area contributed by atoms with Gasteiger partial charge in [-0.25, -0.2) is 0 Å². The number of aryl methyl sites for hydroxylation is 1. The molecular weight excluding hydrogens is 196 g/mol. The Morgan fingerprint density at radius 3 is 2.19 bits per heavy atom. The van der Waals surface area contributed by atoms with Crippen LogP contribution >= 0.6 is 0 Å². The Hall–Kier alpha value is -0.860. The Morgan fingerprint density at radius 1 is 1.19 bits per heavy atom. The van der Waals surface area contributed by atoms with Crippen molar-refractivity contribution in [3.63, 3.8) is 0 Å². The molecule has 2 nitrogen and oxygen atoms in total. The van der Waals surface area contributed by atoms with Crippen LogP contribution in [0.2, 0.25) is 0 Å². The van der Waals surface area contributed by atoms with Gasteiger partial charge in [-0.3, -0.25) is 0 Å². The van der Waals surface area contributed by atoms with E-state index in [-0.39, 0.29) is 11.6 Å². The SMILES string of the molecule is CCc1ccc(C(N)CCC(C)(C)N)cc1. The first-order chi connectivity index (χ1) is 7.42. The summed E-state index contributed by atoms with van der Waals surface area (Å²) in [5.74, 6) is 0. The zero-order valence-corrected chi connectivity index (χ0v) is 10.7. The maximum atomic E-state index is 6.14. The van der Waals surface area contributed by atoms with Crippen molar-refractivity contribution in [1.29, 1.82) is 0 Å². The molecule has 0 heterocycles. The van der Waals surface area contributed by atoms with Gasteiger partial charge in [-0.15, -0.1) is 0 Å². The average molecular weight is 220 g/mol. The second-order valence-electron chi connectivity index (χ2n) is 5.23. The normalized spacial score (nSPS) is 13.8. The number of nitrogens with two attached hydrogens (primary N) is 2. The fourth-order valence-corrected chi connectivity index (χ4v) is 1.69. The van der Waals surface area contributed by atoms with Gasteiger partial charge < -0.3 is 11.5 Å². The third-order valence-corrected chi connectivity index (χ3v) is 2.92. The molecule has 0 saturated carbocycles. The maximum absolute atomic E-state index is 6.14. The number of hydrogen-bond acceptors (Lipinski definition) is 2. The first kappa shape index (κ1) is 13.2. The van der Waals surface area contributed by atoms with Gasteiger partial charge in [-0.1, -0.05) is 31.2 Å². The van der Waals surface area contributed by atoms with Crippen LogP contribution in [0.3, 0.4) is 0 Å². The molecule has 2 heteroatoms. The van der Waals surface area contributed by atoms with Crippen molar-refractivity contribution in [1.82, 2.24) is 0 Å². The fourth-order valence-electron chi connectivity index (χ4n) is 1.69. The van der Waals surface area contributed by atoms with Crippen molar-refractivity contribution in [2.45, 2.75) is 51.6 Å². The van der Waals surface area contributed by atoms with Gasteiger partial charge >= 0.3 is 0 Å². The van der Waals surface area contributed by atoms with Crippen molar-refractivity contribution in [3.8, 4) is 0 Å². The topological polar surface area (TPSA) is 52.0 Å². The van der Waals surface area contributed by atoms with Crippen LogP contribution in [0.1, 0.15) is 50.8 Å². The van der Waals surface area contributed by atoms with Crippen LogP contribution in [0.15, 0.2) is 24.3 Å². The molecule has 0 fully saturated rings. The minimum atomic E-state index is -0.124. The van der Waals surface area contributed by atoms with Gasteiger partial charge in [0.1, 0.15) is 0 Å². The van der Waals surface area contributed by atoms with Gasteiger partial charge in [0, 0.05) is 11.6 Å². The van der Waals surface area contributed by atoms with Gasteiger partial charge in [0.05, 0.1) is 0 Å². The lowest BCUT2D eigenvalue weighted by molar-refractivity contribution is 0.433. The second kappa shape index (κ2) is 5.46. The average Bonchev–Trinajstić information content (AvgIpc) is 2.25. The summed E-state index contributed by atoms with van der Waals surface area (Å²) in [5.41, 5.74) is 14.5. The molecule has 0 bridgehead atoms. The van der Waals surface area contributed by atoms with E-state index in [1.807, 2.05) is 13.8 Å². The largest absolute Gasteiger partial charge is 0.326 e. The summed E-state index contributed by atoms with van der Waals surface area (Å²) in [6, 6.07) is 8.68. The van der Waals surface area contributed by atoms with Gasteiger partial charge in [-0.05, 0) is 44.2 Å². The molecule has 1 atom stereocenters. The Labute approximate surface area is 99.0 Å². The third kappa shape index (κ3) is 4.33. The molecule has 1 aromatic rings. The van der Waals surface area contributed by atoms with Gasteiger partial charge in [0.2, 0.25) is 0 Å². The quantitative estimate of drug-likeness (QED) is 0.801. The summed E-state index contributed by atoms with van der Waals surface area (Å²) >= 11 is 0. The van der Waals surface area contributed by atoms with Crippen molar-refractivity contribution in [2.75, 3.05) is 0 Å². The van der Waals surface area contributed by atoms with Crippen LogP contribution in [0.4, 0.5) is 0 Å². The Kier molecular flexibility index (Phi) is 4.51. The van der Waals surface area contributed by atoms with E-state index < -0.39 is 0 Å². The lowest BCUT2D eigenvalue weighted by atomic mass is 9.93. The highest BCUT2D eigenvalue weighted by molar-refractivity contribution is 5.24. The van der Waals surface area contributed by atoms with E-state index >= 15 is 0 Å². The lowest BCUT2D eigenvalue weighted by Gasteiger charge is -2.21. The molecule has 0 saturated heterocycles. The molecule has 0 aliphatic heterocycles. The predicted molar refractivity (Wildman–Crippen MR) is 70.2 cm³/mol. The van der Waals surface area contributed by atoms with Crippen LogP contribution in [0.25, 0.3) is 0 Å². The van der Waals surface area contributed by atoms with E-state index in [4.69, 9.17) is 11.5 Å². The van der Waals surface area contributed by atoms with E-state index in [0.29, 0.717) is 0 Å². The van der Waals surface area contributed by atoms with Crippen molar-refractivity contribution in [2.24, 2.45) is 11.5 Å². The first-order valence-electron chi connectivity index (χ1n) is 6.05. The van der Waals surface area contributed by atoms with E-state index in [1.54, 1.807) is 0 Å². The van der Waals surface area contributed by atoms with Crippen LogP contribution in [0.5, 0.6) is 0 Å². The molecule has 4 N–H and O–H groups in total. The number of rotatable bonds is 5. The number of benzene rings is 1. The molecule has 1 rings (SSSR count). The van der Waals surface area contributed by atoms with E-state index in [0.717, 1.165) is 19.3 Å². The highest BCUT2D eigenvalue weighted by atomic mass is 14.7. The van der Waals surface area contributed by atoms with Crippen LogP contribution in [0, 0.1) is 0 Å². The molecule has 90 valence electrons. The summed E-state index contributed by atoms with van der Waals surface area (Å²) in [6.45, 7) is 6.24. The van der Waals surface area contributed by atoms with Crippen molar-refractivity contribution >= 4 is 0 Å². The third-order valence-electron chi connectivity index (χ3n) is 2.92. The Balaban J connectivity index is 2.56. The summed E-state index contributed by atoms with van der Waals surface area (Å²) in [5, 5.41) is 0. The smallest absolute Gasteiger partial charge is 0.0295 e. The zero-order valence-electron chi connectivity index (χ0n) is 10.7. The maximum Gasteiger partial charge on any atom is 0.0295 e. The first-order valence-corrected chi connectivity index (χ1v) is 6.05. The number of hydrogen-bond donors (Lipinski definition) is 2. The van der Waals surface area contributed by atoms with Gasteiger partial charge in [0.25, 0.3) is 0 Å². The van der Waals surface area contributed by atoms with Gasteiger partial charge in [-0.2, -0.15) is 0 Å². The molecule has 0 spiro atoms. The molecule has 0 amide bonds. The van der Waals surface area contributed by atoms with E-state index in [1.165, 1.54) is 11.1 Å². The summed E-state index contributed by atoms with van der Waals surface area (Å²) < 4.78 is 0. The highest BCUT2D eigenvalue weighted by Gasteiger charge is 2.14. The van der Waals surface area contributed by atoms with Crippen LogP contribution in [-0.4, -0.2) is 5.54 Å². The van der Waals surface area contributed by atoms with E-state index in [9.17, 15) is 0 Å². The highest BCUT2D eigenvalue weighted by Crippen LogP contribution is 2.20. The second-order valence-corrected chi connectivity index (χ2v) is 5.23. The molecule has 0 aromatic heterocycles. The standard InChI is InChI=1S/C14H24N2/c1-4-11-5-7-12(8-6-11)13(15)9-10-14(2,3)16/h5-8,13H,4,9-10,15-16H2,1-3H3. The molecule has 1 unspecified atom stereocenters. The summed E-state index contributed by atoms with van der Waals surface area (Å²) in [7, 11) is 0. The fraction of sp³-hybridized carbons (Fsp3) is 0.571. The van der Waals surface area contributed by atoms with Crippen molar-refractivity contribution in [3.05, 3.63) is 35.4 Å². The Morgan fingerprint density at radius 2 is 1.75 bits per heavy atom. The summed E-state index contributed by atoms with van der Waals surface area (Å²) in [6.07, 6.45) is 2.96. The minimum Gasteiger partial charge on any atom is -0.326 e. The van der Waals surface area contributed by atoms with E-state index in [2.05, 4.69) is 31.2 Å². The van der Waals surface area contributed by atoms with Gasteiger partial charge in [0.15, 0.2) is 0 Å². The van der Waals surface area contributed by atoms with Crippen LogP contribution in [-0.2, 0) is 6.42 Å². The molecule has 0 aliphatic carbocycles. The summed E-state index contributed by atoms with van der Waals surface area (Å²) in [4.78, 5) is 0. The Bertz CT molecular complexity index is 309. The molecule has 1 aromatic carbocycles. The minimum absolute atomic E-state index is 0.105. The molecule has 16 heavy (non-hydrogen) atoms. The molecular formula is C14H24N2.